The lowest BCUT2D eigenvalue weighted by Crippen LogP contribution is -2.22. The maximum absolute atomic E-state index is 12.4. The Balaban J connectivity index is 1.71. The fourth-order valence-corrected chi connectivity index (χ4v) is 3.94. The predicted molar refractivity (Wildman–Crippen MR) is 114 cm³/mol. The molecule has 0 amide bonds. The summed E-state index contributed by atoms with van der Waals surface area (Å²) in [5, 5.41) is 5.00. The Morgan fingerprint density at radius 1 is 1.13 bits per heavy atom. The third-order valence-electron chi connectivity index (χ3n) is 4.60. The molecule has 0 fully saturated rings. The van der Waals surface area contributed by atoms with Crippen molar-refractivity contribution in [3.8, 4) is 5.69 Å². The third-order valence-corrected chi connectivity index (χ3v) is 6.96. The fourth-order valence-electron chi connectivity index (χ4n) is 2.85. The molecule has 2 aromatic carbocycles. The molecule has 1 aromatic heterocycles. The van der Waals surface area contributed by atoms with E-state index in [-0.39, 0.29) is 11.5 Å². The number of sulfonamides is 1. The van der Waals surface area contributed by atoms with E-state index < -0.39 is 16.0 Å². The Bertz CT molecular complexity index is 1190. The number of hydrogen-bond acceptors (Lipinski definition) is 5. The molecule has 9 heteroatoms. The number of carbonyl (C=O) groups is 1. The molecule has 0 aliphatic rings. The predicted octanol–water partition coefficient (Wildman–Crippen LogP) is 3.75. The number of aromatic nitrogens is 2. The van der Waals surface area contributed by atoms with E-state index in [9.17, 15) is 13.2 Å². The molecule has 0 aliphatic heterocycles. The van der Waals surface area contributed by atoms with Crippen molar-refractivity contribution in [2.24, 2.45) is 0 Å². The van der Waals surface area contributed by atoms with Gasteiger partial charge in [-0.1, -0.05) is 23.7 Å². The Morgan fingerprint density at radius 2 is 1.80 bits per heavy atom. The lowest BCUT2D eigenvalue weighted by molar-refractivity contribution is 0.0472. The Labute approximate surface area is 180 Å². The van der Waals surface area contributed by atoms with Crippen molar-refractivity contribution in [1.29, 1.82) is 0 Å². The Hall–Kier alpha value is -2.68. The zero-order chi connectivity index (χ0) is 22.1. The normalized spacial score (nSPS) is 11.7. The van der Waals surface area contributed by atoms with E-state index in [2.05, 4.69) is 5.10 Å². The van der Waals surface area contributed by atoms with Crippen LogP contribution in [0, 0.1) is 13.8 Å². The first-order chi connectivity index (χ1) is 14.1. The minimum absolute atomic E-state index is 0.0373. The van der Waals surface area contributed by atoms with Gasteiger partial charge < -0.3 is 4.74 Å². The molecule has 0 saturated carbocycles. The van der Waals surface area contributed by atoms with Crippen molar-refractivity contribution >= 4 is 27.6 Å². The van der Waals surface area contributed by atoms with Crippen LogP contribution in [0.2, 0.25) is 5.02 Å². The van der Waals surface area contributed by atoms with Crippen molar-refractivity contribution in [2.75, 3.05) is 14.1 Å². The molecule has 1 heterocycles. The number of aryl methyl sites for hydroxylation is 1. The third kappa shape index (κ3) is 4.40. The second-order valence-corrected chi connectivity index (χ2v) is 9.48. The molecule has 0 spiro atoms. The van der Waals surface area contributed by atoms with Crippen molar-refractivity contribution < 1.29 is 17.9 Å². The summed E-state index contributed by atoms with van der Waals surface area (Å²) < 4.78 is 32.7. The maximum atomic E-state index is 12.4. The smallest absolute Gasteiger partial charge is 0.338 e. The molecule has 3 aromatic rings. The van der Waals surface area contributed by atoms with Crippen LogP contribution < -0.4 is 0 Å². The van der Waals surface area contributed by atoms with Crippen LogP contribution in [0.15, 0.2) is 53.4 Å². The lowest BCUT2D eigenvalue weighted by atomic mass is 10.2. The number of ether oxygens (including phenoxy) is 1. The highest BCUT2D eigenvalue weighted by molar-refractivity contribution is 7.89. The molecule has 0 unspecified atom stereocenters. The van der Waals surface area contributed by atoms with Gasteiger partial charge in [0.1, 0.15) is 6.61 Å². The van der Waals surface area contributed by atoms with E-state index in [0.29, 0.717) is 16.1 Å². The van der Waals surface area contributed by atoms with E-state index in [1.54, 1.807) is 41.1 Å². The van der Waals surface area contributed by atoms with Crippen LogP contribution in [-0.2, 0) is 21.4 Å². The average molecular weight is 448 g/mol. The molecule has 0 radical (unpaired) electrons. The molecule has 0 atom stereocenters. The topological polar surface area (TPSA) is 81.5 Å². The maximum Gasteiger partial charge on any atom is 0.338 e. The van der Waals surface area contributed by atoms with Gasteiger partial charge in [0.25, 0.3) is 0 Å². The van der Waals surface area contributed by atoms with Gasteiger partial charge in [-0.3, -0.25) is 0 Å². The standard InChI is InChI=1S/C21H22ClN3O4S/c1-14-20(22)15(2)25(23-14)18-10-8-17(9-11-18)21(26)29-13-16-6-5-7-19(12-16)30(27,28)24(3)4/h5-12H,13H2,1-4H3. The summed E-state index contributed by atoms with van der Waals surface area (Å²) in [5.41, 5.74) is 3.29. The molecule has 30 heavy (non-hydrogen) atoms. The van der Waals surface area contributed by atoms with Gasteiger partial charge in [-0.05, 0) is 55.8 Å². The second-order valence-electron chi connectivity index (χ2n) is 6.95. The van der Waals surface area contributed by atoms with Gasteiger partial charge in [0.2, 0.25) is 10.0 Å². The summed E-state index contributed by atoms with van der Waals surface area (Å²) in [7, 11) is -0.623. The van der Waals surface area contributed by atoms with E-state index in [4.69, 9.17) is 16.3 Å². The Kier molecular flexibility index (Phi) is 6.30. The fraction of sp³-hybridized carbons (Fsp3) is 0.238. The molecule has 0 N–H and O–H groups in total. The zero-order valence-corrected chi connectivity index (χ0v) is 18.7. The van der Waals surface area contributed by atoms with Gasteiger partial charge in [-0.25, -0.2) is 22.2 Å². The van der Waals surface area contributed by atoms with E-state index in [1.807, 2.05) is 13.8 Å². The second kappa shape index (κ2) is 8.59. The zero-order valence-electron chi connectivity index (χ0n) is 17.1. The highest BCUT2D eigenvalue weighted by Crippen LogP contribution is 2.23. The first-order valence-corrected chi connectivity index (χ1v) is 10.9. The van der Waals surface area contributed by atoms with Gasteiger partial charge in [0.05, 0.1) is 32.6 Å². The number of halogens is 1. The molecular formula is C21H22ClN3O4S. The molecule has 0 aliphatic carbocycles. The summed E-state index contributed by atoms with van der Waals surface area (Å²) in [6.07, 6.45) is 0. The van der Waals surface area contributed by atoms with Gasteiger partial charge >= 0.3 is 5.97 Å². The molecule has 158 valence electrons. The summed E-state index contributed by atoms with van der Waals surface area (Å²) >= 11 is 6.19. The number of carbonyl (C=O) groups excluding carboxylic acids is 1. The first kappa shape index (κ1) is 22.0. The van der Waals surface area contributed by atoms with Crippen LogP contribution in [0.3, 0.4) is 0 Å². The SMILES string of the molecule is Cc1nn(-c2ccc(C(=O)OCc3cccc(S(=O)(=O)N(C)C)c3)cc2)c(C)c1Cl. The minimum Gasteiger partial charge on any atom is -0.457 e. The van der Waals surface area contributed by atoms with Crippen LogP contribution in [0.4, 0.5) is 0 Å². The number of rotatable bonds is 6. The molecule has 7 nitrogen and oxygen atoms in total. The van der Waals surface area contributed by atoms with Crippen LogP contribution >= 0.6 is 11.6 Å². The van der Waals surface area contributed by atoms with Crippen LogP contribution in [0.1, 0.15) is 27.3 Å². The lowest BCUT2D eigenvalue weighted by Gasteiger charge is -2.12. The first-order valence-electron chi connectivity index (χ1n) is 9.12. The largest absolute Gasteiger partial charge is 0.457 e. The summed E-state index contributed by atoms with van der Waals surface area (Å²) in [4.78, 5) is 12.5. The molecular weight excluding hydrogens is 426 g/mol. The van der Waals surface area contributed by atoms with E-state index in [0.717, 1.165) is 21.4 Å². The minimum atomic E-state index is -3.55. The summed E-state index contributed by atoms with van der Waals surface area (Å²) in [5.74, 6) is -0.506. The van der Waals surface area contributed by atoms with Crippen LogP contribution in [-0.4, -0.2) is 42.6 Å². The average Bonchev–Trinajstić information content (AvgIpc) is 2.99. The highest BCUT2D eigenvalue weighted by atomic mass is 35.5. The van der Waals surface area contributed by atoms with Crippen molar-refractivity contribution in [3.63, 3.8) is 0 Å². The monoisotopic (exact) mass is 447 g/mol. The Morgan fingerprint density at radius 3 is 2.37 bits per heavy atom. The summed E-state index contributed by atoms with van der Waals surface area (Å²) in [6.45, 7) is 3.66. The summed E-state index contributed by atoms with van der Waals surface area (Å²) in [6, 6.07) is 13.1. The van der Waals surface area contributed by atoms with E-state index in [1.165, 1.54) is 26.2 Å². The molecule has 0 saturated heterocycles. The quantitative estimate of drug-likeness (QED) is 0.537. The highest BCUT2D eigenvalue weighted by Gasteiger charge is 2.18. The number of esters is 1. The molecule has 3 rings (SSSR count). The van der Waals surface area contributed by atoms with Crippen molar-refractivity contribution in [2.45, 2.75) is 25.3 Å². The number of benzene rings is 2. The van der Waals surface area contributed by atoms with Gasteiger partial charge in [-0.15, -0.1) is 0 Å². The van der Waals surface area contributed by atoms with Crippen molar-refractivity contribution in [3.05, 3.63) is 76.1 Å². The number of nitrogens with zero attached hydrogens (tertiary/aromatic N) is 3. The van der Waals surface area contributed by atoms with Crippen LogP contribution in [0.25, 0.3) is 5.69 Å². The molecule has 0 bridgehead atoms. The van der Waals surface area contributed by atoms with Crippen molar-refractivity contribution in [1.82, 2.24) is 14.1 Å². The van der Waals surface area contributed by atoms with Crippen LogP contribution in [0.5, 0.6) is 0 Å². The van der Waals surface area contributed by atoms with Gasteiger partial charge in [0.15, 0.2) is 0 Å². The van der Waals surface area contributed by atoms with E-state index >= 15 is 0 Å². The number of hydrogen-bond donors (Lipinski definition) is 0. The van der Waals surface area contributed by atoms with Gasteiger partial charge in [-0.2, -0.15) is 5.10 Å². The van der Waals surface area contributed by atoms with Gasteiger partial charge in [0, 0.05) is 14.1 Å².